The lowest BCUT2D eigenvalue weighted by Crippen LogP contribution is -2.26. The van der Waals surface area contributed by atoms with Crippen LogP contribution in [0.3, 0.4) is 0 Å². The maximum absolute atomic E-state index is 9.24. The zero-order valence-electron chi connectivity index (χ0n) is 8.92. The Hall–Kier alpha value is -0.910. The van der Waals surface area contributed by atoms with Gasteiger partial charge >= 0.3 is 0 Å². The van der Waals surface area contributed by atoms with Gasteiger partial charge in [-0.25, -0.2) is 4.98 Å². The van der Waals surface area contributed by atoms with Gasteiger partial charge in [0.2, 0.25) is 0 Å². The summed E-state index contributed by atoms with van der Waals surface area (Å²) in [4.78, 5) is 7.57. The average Bonchev–Trinajstić information content (AvgIpc) is 2.60. The number of thiazole rings is 1. The molecule has 0 aliphatic carbocycles. The molecule has 82 valence electrons. The van der Waals surface area contributed by atoms with Gasteiger partial charge < -0.3 is 5.11 Å². The van der Waals surface area contributed by atoms with E-state index in [9.17, 15) is 5.11 Å². The molecule has 0 saturated carbocycles. The van der Waals surface area contributed by atoms with Crippen LogP contribution >= 0.6 is 11.3 Å². The van der Waals surface area contributed by atoms with Gasteiger partial charge in [-0.15, -0.1) is 11.3 Å². The van der Waals surface area contributed by atoms with E-state index in [-0.39, 0.29) is 6.10 Å². The summed E-state index contributed by atoms with van der Waals surface area (Å²) in [6.07, 6.45) is 3.74. The Bertz CT molecular complexity index is 406. The molecule has 2 aromatic rings. The first-order valence-electron chi connectivity index (χ1n) is 4.93. The zero-order valence-corrected chi connectivity index (χ0v) is 9.74. The smallest absolute Gasteiger partial charge is 0.193 e. The van der Waals surface area contributed by atoms with E-state index in [0.29, 0.717) is 6.54 Å². The number of fused-ring (bicyclic) bond motifs is 1. The summed E-state index contributed by atoms with van der Waals surface area (Å²) in [7, 11) is 1.99. The number of aliphatic hydroxyl groups is 1. The lowest BCUT2D eigenvalue weighted by Gasteiger charge is -2.16. The molecule has 0 amide bonds. The van der Waals surface area contributed by atoms with Crippen LogP contribution in [0.1, 0.15) is 12.6 Å². The number of hydrogen-bond acceptors (Lipinski definition) is 4. The SMILES string of the molecule is CC(O)CN(C)Cc1cn2ccsc2n1. The van der Waals surface area contributed by atoms with Crippen LogP contribution in [0.25, 0.3) is 4.96 Å². The monoisotopic (exact) mass is 225 g/mol. The van der Waals surface area contributed by atoms with E-state index >= 15 is 0 Å². The van der Waals surface area contributed by atoms with E-state index in [1.165, 1.54) is 0 Å². The average molecular weight is 225 g/mol. The second-order valence-electron chi connectivity index (χ2n) is 3.87. The number of imidazole rings is 1. The fourth-order valence-corrected chi connectivity index (χ4v) is 2.36. The highest BCUT2D eigenvalue weighted by Gasteiger charge is 2.07. The van der Waals surface area contributed by atoms with Crippen molar-refractivity contribution in [2.75, 3.05) is 13.6 Å². The molecule has 0 aromatic carbocycles. The lowest BCUT2D eigenvalue weighted by molar-refractivity contribution is 0.138. The maximum atomic E-state index is 9.24. The first kappa shape index (κ1) is 10.6. The van der Waals surface area contributed by atoms with E-state index < -0.39 is 0 Å². The molecule has 15 heavy (non-hydrogen) atoms. The van der Waals surface area contributed by atoms with Crippen molar-refractivity contribution in [1.82, 2.24) is 14.3 Å². The third-order valence-electron chi connectivity index (χ3n) is 2.15. The molecular weight excluding hydrogens is 210 g/mol. The van der Waals surface area contributed by atoms with Crippen molar-refractivity contribution in [1.29, 1.82) is 0 Å². The summed E-state index contributed by atoms with van der Waals surface area (Å²) >= 11 is 1.63. The van der Waals surface area contributed by atoms with E-state index in [1.54, 1.807) is 18.3 Å². The minimum atomic E-state index is -0.293. The summed E-state index contributed by atoms with van der Waals surface area (Å²) in [5.41, 5.74) is 1.05. The molecule has 0 saturated heterocycles. The summed E-state index contributed by atoms with van der Waals surface area (Å²) < 4.78 is 2.02. The predicted molar refractivity (Wildman–Crippen MR) is 61.1 cm³/mol. The molecule has 2 rings (SSSR count). The van der Waals surface area contributed by atoms with Crippen LogP contribution in [0.2, 0.25) is 0 Å². The first-order chi connectivity index (χ1) is 7.15. The van der Waals surface area contributed by atoms with Gasteiger partial charge in [0.25, 0.3) is 0 Å². The summed E-state index contributed by atoms with van der Waals surface area (Å²) in [6, 6.07) is 0. The molecule has 4 nitrogen and oxygen atoms in total. The van der Waals surface area contributed by atoms with Gasteiger partial charge in [-0.3, -0.25) is 9.30 Å². The number of nitrogens with zero attached hydrogens (tertiary/aromatic N) is 3. The number of rotatable bonds is 4. The molecule has 0 fully saturated rings. The van der Waals surface area contributed by atoms with Crippen LogP contribution in [-0.2, 0) is 6.54 Å². The topological polar surface area (TPSA) is 40.8 Å². The third-order valence-corrected chi connectivity index (χ3v) is 2.92. The zero-order chi connectivity index (χ0) is 10.8. The number of aromatic nitrogens is 2. The molecular formula is C10H15N3OS. The molecule has 1 atom stereocenters. The molecule has 0 radical (unpaired) electrons. The van der Waals surface area contributed by atoms with Crippen LogP contribution in [0.5, 0.6) is 0 Å². The highest BCUT2D eigenvalue weighted by atomic mass is 32.1. The van der Waals surface area contributed by atoms with E-state index in [4.69, 9.17) is 0 Å². The van der Waals surface area contributed by atoms with Gasteiger partial charge in [0.15, 0.2) is 4.96 Å². The van der Waals surface area contributed by atoms with Crippen LogP contribution < -0.4 is 0 Å². The van der Waals surface area contributed by atoms with Gasteiger partial charge in [0, 0.05) is 30.9 Å². The van der Waals surface area contributed by atoms with Crippen molar-refractivity contribution < 1.29 is 5.11 Å². The van der Waals surface area contributed by atoms with Crippen molar-refractivity contribution >= 4 is 16.3 Å². The molecule has 5 heteroatoms. The van der Waals surface area contributed by atoms with Gasteiger partial charge in [0.05, 0.1) is 11.8 Å². The fraction of sp³-hybridized carbons (Fsp3) is 0.500. The normalized spacial score (nSPS) is 13.9. The van der Waals surface area contributed by atoms with Crippen LogP contribution in [0.4, 0.5) is 0 Å². The number of likely N-dealkylation sites (N-methyl/N-ethyl adjacent to an activating group) is 1. The van der Waals surface area contributed by atoms with Crippen molar-refractivity contribution in [2.24, 2.45) is 0 Å². The Balaban J connectivity index is 2.02. The molecule has 1 N–H and O–H groups in total. The molecule has 1 unspecified atom stereocenters. The standard InChI is InChI=1S/C10H15N3OS/c1-8(14)5-12(2)6-9-7-13-3-4-15-10(13)11-9/h3-4,7-8,14H,5-6H2,1-2H3. The summed E-state index contributed by atoms with van der Waals surface area (Å²) in [5, 5.41) is 11.3. The largest absolute Gasteiger partial charge is 0.392 e. The first-order valence-corrected chi connectivity index (χ1v) is 5.81. The number of aliphatic hydroxyl groups excluding tert-OH is 1. The third kappa shape index (κ3) is 2.56. The second-order valence-corrected chi connectivity index (χ2v) is 4.74. The van der Waals surface area contributed by atoms with E-state index in [0.717, 1.165) is 17.2 Å². The van der Waals surface area contributed by atoms with Crippen molar-refractivity contribution in [2.45, 2.75) is 19.6 Å². The van der Waals surface area contributed by atoms with Crippen molar-refractivity contribution in [3.63, 3.8) is 0 Å². The van der Waals surface area contributed by atoms with Crippen LogP contribution in [0, 0.1) is 0 Å². The number of hydrogen-bond donors (Lipinski definition) is 1. The van der Waals surface area contributed by atoms with E-state index in [1.807, 2.05) is 29.2 Å². The Morgan fingerprint density at radius 2 is 2.47 bits per heavy atom. The Morgan fingerprint density at radius 3 is 3.13 bits per heavy atom. The minimum absolute atomic E-state index is 0.293. The van der Waals surface area contributed by atoms with Gasteiger partial charge in [-0.1, -0.05) is 0 Å². The molecule has 2 aromatic heterocycles. The Morgan fingerprint density at radius 1 is 1.67 bits per heavy atom. The molecule has 0 bridgehead atoms. The van der Waals surface area contributed by atoms with E-state index in [2.05, 4.69) is 9.88 Å². The van der Waals surface area contributed by atoms with Crippen molar-refractivity contribution in [3.8, 4) is 0 Å². The highest BCUT2D eigenvalue weighted by Crippen LogP contribution is 2.12. The van der Waals surface area contributed by atoms with Gasteiger partial charge in [-0.05, 0) is 14.0 Å². The van der Waals surface area contributed by atoms with Crippen LogP contribution in [0.15, 0.2) is 17.8 Å². The quantitative estimate of drug-likeness (QED) is 0.850. The van der Waals surface area contributed by atoms with Gasteiger partial charge in [0.1, 0.15) is 0 Å². The highest BCUT2D eigenvalue weighted by molar-refractivity contribution is 7.15. The Kier molecular flexibility index (Phi) is 3.04. The van der Waals surface area contributed by atoms with Crippen LogP contribution in [-0.4, -0.2) is 39.1 Å². The minimum Gasteiger partial charge on any atom is -0.392 e. The predicted octanol–water partition coefficient (Wildman–Crippen LogP) is 1.21. The molecule has 0 aliphatic heterocycles. The summed E-state index contributed by atoms with van der Waals surface area (Å²) in [6.45, 7) is 3.24. The van der Waals surface area contributed by atoms with Gasteiger partial charge in [-0.2, -0.15) is 0 Å². The fourth-order valence-electron chi connectivity index (χ4n) is 1.64. The molecule has 0 aliphatic rings. The molecule has 2 heterocycles. The maximum Gasteiger partial charge on any atom is 0.193 e. The molecule has 0 spiro atoms. The Labute approximate surface area is 92.8 Å². The van der Waals surface area contributed by atoms with Crippen molar-refractivity contribution in [3.05, 3.63) is 23.5 Å². The second kappa shape index (κ2) is 4.30. The lowest BCUT2D eigenvalue weighted by atomic mass is 10.3. The summed E-state index contributed by atoms with van der Waals surface area (Å²) in [5.74, 6) is 0.